The van der Waals surface area contributed by atoms with Crippen molar-refractivity contribution in [3.8, 4) is 0 Å². The lowest BCUT2D eigenvalue weighted by Crippen LogP contribution is -2.08. The molecule has 94 valence electrons. The van der Waals surface area contributed by atoms with Gasteiger partial charge in [0.05, 0.1) is 12.1 Å². The van der Waals surface area contributed by atoms with Gasteiger partial charge in [-0.1, -0.05) is 12.1 Å². The third-order valence-corrected chi connectivity index (χ3v) is 3.84. The molecule has 0 saturated carbocycles. The molecule has 1 aliphatic rings. The van der Waals surface area contributed by atoms with Crippen LogP contribution in [0.5, 0.6) is 0 Å². The van der Waals surface area contributed by atoms with Gasteiger partial charge in [0, 0.05) is 14.7 Å². The Morgan fingerprint density at radius 2 is 1.84 bits per heavy atom. The Morgan fingerprint density at radius 1 is 1.11 bits per heavy atom. The van der Waals surface area contributed by atoms with Gasteiger partial charge in [0.1, 0.15) is 0 Å². The van der Waals surface area contributed by atoms with Crippen molar-refractivity contribution in [2.75, 3.05) is 5.32 Å². The maximum absolute atomic E-state index is 12.5. The highest BCUT2D eigenvalue weighted by molar-refractivity contribution is 14.1. The van der Waals surface area contributed by atoms with Crippen molar-refractivity contribution < 1.29 is 9.59 Å². The van der Waals surface area contributed by atoms with Crippen LogP contribution in [0, 0.1) is 3.57 Å². The zero-order chi connectivity index (χ0) is 13.4. The zero-order valence-electron chi connectivity index (χ0n) is 9.94. The summed E-state index contributed by atoms with van der Waals surface area (Å²) in [6.45, 7) is 0. The SMILES string of the molecule is O=C1Cc2cccc(C(=O)c3ccc(I)cc3)c2N1. The van der Waals surface area contributed by atoms with E-state index in [2.05, 4.69) is 27.9 Å². The van der Waals surface area contributed by atoms with E-state index in [1.807, 2.05) is 24.3 Å². The van der Waals surface area contributed by atoms with Crippen LogP contribution >= 0.6 is 22.6 Å². The maximum Gasteiger partial charge on any atom is 0.228 e. The molecule has 0 fully saturated rings. The lowest BCUT2D eigenvalue weighted by molar-refractivity contribution is -0.115. The van der Waals surface area contributed by atoms with Gasteiger partial charge in [-0.05, 0) is 58.5 Å². The molecular weight excluding hydrogens is 353 g/mol. The predicted octanol–water partition coefficient (Wildman–Crippen LogP) is 3.02. The van der Waals surface area contributed by atoms with E-state index in [0.29, 0.717) is 23.2 Å². The Bertz CT molecular complexity index is 677. The van der Waals surface area contributed by atoms with Crippen molar-refractivity contribution in [1.82, 2.24) is 0 Å². The van der Waals surface area contributed by atoms with Crippen molar-refractivity contribution in [3.05, 3.63) is 62.7 Å². The largest absolute Gasteiger partial charge is 0.325 e. The van der Waals surface area contributed by atoms with Crippen LogP contribution in [0.1, 0.15) is 21.5 Å². The van der Waals surface area contributed by atoms with Crippen LogP contribution in [0.4, 0.5) is 5.69 Å². The summed E-state index contributed by atoms with van der Waals surface area (Å²) >= 11 is 2.20. The highest BCUT2D eigenvalue weighted by Gasteiger charge is 2.23. The lowest BCUT2D eigenvalue weighted by atomic mass is 9.99. The van der Waals surface area contributed by atoms with Crippen LogP contribution in [-0.4, -0.2) is 11.7 Å². The van der Waals surface area contributed by atoms with Gasteiger partial charge < -0.3 is 5.32 Å². The Morgan fingerprint density at radius 3 is 2.58 bits per heavy atom. The van der Waals surface area contributed by atoms with Gasteiger partial charge in [-0.2, -0.15) is 0 Å². The number of anilines is 1. The van der Waals surface area contributed by atoms with E-state index in [4.69, 9.17) is 0 Å². The first kappa shape index (κ1) is 12.3. The minimum Gasteiger partial charge on any atom is -0.325 e. The fourth-order valence-electron chi connectivity index (χ4n) is 2.20. The second-order valence-corrected chi connectivity index (χ2v) is 5.65. The standard InChI is InChI=1S/C15H10INO2/c16-11-6-4-9(5-7-11)15(19)12-3-1-2-10-8-13(18)17-14(10)12/h1-7H,8H2,(H,17,18). The first-order chi connectivity index (χ1) is 9.15. The number of benzene rings is 2. The third kappa shape index (κ3) is 2.28. The zero-order valence-corrected chi connectivity index (χ0v) is 12.1. The third-order valence-electron chi connectivity index (χ3n) is 3.12. The summed E-state index contributed by atoms with van der Waals surface area (Å²) in [6.07, 6.45) is 0.350. The molecule has 0 spiro atoms. The summed E-state index contributed by atoms with van der Waals surface area (Å²) in [5.41, 5.74) is 2.75. The van der Waals surface area contributed by atoms with E-state index >= 15 is 0 Å². The van der Waals surface area contributed by atoms with Gasteiger partial charge in [0.25, 0.3) is 0 Å². The summed E-state index contributed by atoms with van der Waals surface area (Å²) in [5.74, 6) is -0.117. The van der Waals surface area contributed by atoms with E-state index in [1.165, 1.54) is 0 Å². The summed E-state index contributed by atoms with van der Waals surface area (Å²) in [7, 11) is 0. The number of nitrogens with one attached hydrogen (secondary N) is 1. The van der Waals surface area contributed by atoms with Crippen LogP contribution < -0.4 is 5.32 Å². The van der Waals surface area contributed by atoms with Gasteiger partial charge in [-0.15, -0.1) is 0 Å². The van der Waals surface area contributed by atoms with Crippen LogP contribution in [0.25, 0.3) is 0 Å². The molecule has 1 amide bonds. The number of fused-ring (bicyclic) bond motifs is 1. The number of para-hydroxylation sites is 1. The molecule has 2 aromatic rings. The molecule has 19 heavy (non-hydrogen) atoms. The number of carbonyl (C=O) groups excluding carboxylic acids is 2. The smallest absolute Gasteiger partial charge is 0.228 e. The molecule has 1 heterocycles. The van der Waals surface area contributed by atoms with Gasteiger partial charge >= 0.3 is 0 Å². The monoisotopic (exact) mass is 363 g/mol. The molecule has 0 aromatic heterocycles. The molecule has 0 atom stereocenters. The molecule has 2 aromatic carbocycles. The lowest BCUT2D eigenvalue weighted by Gasteiger charge is -2.07. The average Bonchev–Trinajstić information content (AvgIpc) is 2.78. The second kappa shape index (κ2) is 4.77. The van der Waals surface area contributed by atoms with Crippen LogP contribution in [0.15, 0.2) is 42.5 Å². The molecule has 0 bridgehead atoms. The van der Waals surface area contributed by atoms with Crippen LogP contribution in [-0.2, 0) is 11.2 Å². The molecule has 0 saturated heterocycles. The van der Waals surface area contributed by atoms with Crippen LogP contribution in [0.3, 0.4) is 0 Å². The highest BCUT2D eigenvalue weighted by Crippen LogP contribution is 2.28. The molecule has 4 heteroatoms. The molecule has 1 N–H and O–H groups in total. The van der Waals surface area contributed by atoms with E-state index < -0.39 is 0 Å². The van der Waals surface area contributed by atoms with Gasteiger partial charge in [0.2, 0.25) is 5.91 Å². The van der Waals surface area contributed by atoms with Gasteiger partial charge in [0.15, 0.2) is 5.78 Å². The van der Waals surface area contributed by atoms with E-state index in [-0.39, 0.29) is 11.7 Å². The summed E-state index contributed by atoms with van der Waals surface area (Å²) in [5, 5.41) is 2.77. The molecule has 3 rings (SSSR count). The Hall–Kier alpha value is -1.69. The van der Waals surface area contributed by atoms with Crippen molar-refractivity contribution in [1.29, 1.82) is 0 Å². The number of carbonyl (C=O) groups is 2. The fourth-order valence-corrected chi connectivity index (χ4v) is 2.56. The van der Waals surface area contributed by atoms with E-state index in [0.717, 1.165) is 9.13 Å². The van der Waals surface area contributed by atoms with Gasteiger partial charge in [-0.3, -0.25) is 9.59 Å². The molecule has 0 radical (unpaired) electrons. The first-order valence-electron chi connectivity index (χ1n) is 5.87. The van der Waals surface area contributed by atoms with E-state index in [1.54, 1.807) is 18.2 Å². The van der Waals surface area contributed by atoms with Crippen molar-refractivity contribution >= 4 is 40.0 Å². The highest BCUT2D eigenvalue weighted by atomic mass is 127. The van der Waals surface area contributed by atoms with Crippen LogP contribution in [0.2, 0.25) is 0 Å². The normalized spacial score (nSPS) is 13.0. The van der Waals surface area contributed by atoms with Crippen molar-refractivity contribution in [3.63, 3.8) is 0 Å². The molecule has 1 aliphatic heterocycles. The minimum absolute atomic E-state index is 0.0575. The number of hydrogen-bond donors (Lipinski definition) is 1. The van der Waals surface area contributed by atoms with E-state index in [9.17, 15) is 9.59 Å². The second-order valence-electron chi connectivity index (χ2n) is 4.40. The number of ketones is 1. The number of halogens is 1. The quantitative estimate of drug-likeness (QED) is 0.659. The predicted molar refractivity (Wildman–Crippen MR) is 81.4 cm³/mol. The Kier molecular flexibility index (Phi) is 3.10. The number of amides is 1. The Labute approximate surface area is 124 Å². The number of hydrogen-bond acceptors (Lipinski definition) is 2. The molecule has 3 nitrogen and oxygen atoms in total. The maximum atomic E-state index is 12.5. The minimum atomic E-state index is -0.0598. The van der Waals surface area contributed by atoms with Crippen molar-refractivity contribution in [2.24, 2.45) is 0 Å². The average molecular weight is 363 g/mol. The topological polar surface area (TPSA) is 46.2 Å². The summed E-state index contributed by atoms with van der Waals surface area (Å²) in [4.78, 5) is 23.9. The molecular formula is C15H10INO2. The number of rotatable bonds is 2. The summed E-state index contributed by atoms with van der Waals surface area (Å²) < 4.78 is 1.08. The molecule has 0 aliphatic carbocycles. The Balaban J connectivity index is 2.04. The van der Waals surface area contributed by atoms with Gasteiger partial charge in [-0.25, -0.2) is 0 Å². The summed E-state index contributed by atoms with van der Waals surface area (Å²) in [6, 6.07) is 12.9. The molecule has 0 unspecified atom stereocenters. The first-order valence-corrected chi connectivity index (χ1v) is 6.95. The van der Waals surface area contributed by atoms with Crippen molar-refractivity contribution in [2.45, 2.75) is 6.42 Å². The fraction of sp³-hybridized carbons (Fsp3) is 0.0667.